The smallest absolute Gasteiger partial charge is 0.214 e. The molecular formula is C5H4ClKNO2. The Labute approximate surface area is 105 Å². The van der Waals surface area contributed by atoms with Crippen molar-refractivity contribution in [2.45, 2.75) is 0 Å². The topological polar surface area (TPSA) is 53.4 Å². The van der Waals surface area contributed by atoms with Gasteiger partial charge in [0.2, 0.25) is 5.88 Å². The molecule has 2 N–H and O–H groups in total. The summed E-state index contributed by atoms with van der Waals surface area (Å²) in [5.41, 5.74) is 0. The standard InChI is InChI=1S/C5H4ClNO2.K/c6-3-2-7-5(9)1-4(3)8;/h1-2H,(H2,7,8,9);. The van der Waals surface area contributed by atoms with E-state index in [-0.39, 0.29) is 68.0 Å². The Hall–Kier alpha value is 0.676. The Morgan fingerprint density at radius 2 is 2.00 bits per heavy atom. The summed E-state index contributed by atoms with van der Waals surface area (Å²) in [5, 5.41) is 17.5. The fraction of sp³-hybridized carbons (Fsp3) is 0. The van der Waals surface area contributed by atoms with Crippen molar-refractivity contribution in [3.05, 3.63) is 17.3 Å². The number of aromatic nitrogens is 1. The first-order valence-corrected chi connectivity index (χ1v) is 2.61. The van der Waals surface area contributed by atoms with Gasteiger partial charge in [-0.3, -0.25) is 0 Å². The molecule has 0 saturated heterocycles. The Bertz CT molecular complexity index is 231. The summed E-state index contributed by atoms with van der Waals surface area (Å²) in [6.07, 6.45) is 1.17. The zero-order chi connectivity index (χ0) is 6.85. The van der Waals surface area contributed by atoms with E-state index in [2.05, 4.69) is 4.98 Å². The summed E-state index contributed by atoms with van der Waals surface area (Å²) in [4.78, 5) is 3.40. The van der Waals surface area contributed by atoms with Crippen LogP contribution in [0.4, 0.5) is 0 Å². The fourth-order valence-electron chi connectivity index (χ4n) is 0.417. The van der Waals surface area contributed by atoms with Gasteiger partial charge in [0.15, 0.2) is 0 Å². The maximum absolute atomic E-state index is 8.77. The fourth-order valence-corrected chi connectivity index (χ4v) is 0.521. The molecule has 1 aromatic heterocycles. The quantitative estimate of drug-likeness (QED) is 0.586. The molecule has 49 valence electrons. The number of nitrogens with zero attached hydrogens (tertiary/aromatic N) is 1. The predicted molar refractivity (Wildman–Crippen MR) is 38.3 cm³/mol. The molecule has 0 unspecified atom stereocenters. The van der Waals surface area contributed by atoms with Crippen LogP contribution in [0.2, 0.25) is 5.02 Å². The van der Waals surface area contributed by atoms with Crippen molar-refractivity contribution in [2.75, 3.05) is 0 Å². The normalized spacial score (nSPS) is 8.50. The van der Waals surface area contributed by atoms with Crippen LogP contribution in [0, 0.1) is 0 Å². The molecule has 5 heteroatoms. The van der Waals surface area contributed by atoms with Crippen molar-refractivity contribution < 1.29 is 10.2 Å². The van der Waals surface area contributed by atoms with Crippen LogP contribution in [0.25, 0.3) is 0 Å². The van der Waals surface area contributed by atoms with E-state index in [0.717, 1.165) is 6.07 Å². The van der Waals surface area contributed by atoms with E-state index in [1.54, 1.807) is 0 Å². The third-order valence-electron chi connectivity index (χ3n) is 0.821. The number of halogens is 1. The molecule has 0 fully saturated rings. The van der Waals surface area contributed by atoms with Crippen molar-refractivity contribution >= 4 is 63.0 Å². The average molecular weight is 185 g/mol. The van der Waals surface area contributed by atoms with Crippen LogP contribution in [-0.2, 0) is 0 Å². The Morgan fingerprint density at radius 1 is 1.40 bits per heavy atom. The Morgan fingerprint density at radius 3 is 2.40 bits per heavy atom. The van der Waals surface area contributed by atoms with E-state index >= 15 is 0 Å². The minimum atomic E-state index is -0.239. The van der Waals surface area contributed by atoms with Crippen molar-refractivity contribution in [1.82, 2.24) is 4.98 Å². The molecule has 0 saturated carbocycles. The first kappa shape index (κ1) is 10.7. The molecule has 0 aliphatic heterocycles. The van der Waals surface area contributed by atoms with Crippen LogP contribution in [0.15, 0.2) is 12.3 Å². The molecule has 0 aromatic carbocycles. The summed E-state index contributed by atoms with van der Waals surface area (Å²) in [5.74, 6) is -0.402. The average Bonchev–Trinajstić information content (AvgIpc) is 1.80. The van der Waals surface area contributed by atoms with Crippen molar-refractivity contribution in [3.63, 3.8) is 0 Å². The first-order chi connectivity index (χ1) is 4.20. The Balaban J connectivity index is 0.000000810. The maximum Gasteiger partial charge on any atom is 0.214 e. The van der Waals surface area contributed by atoms with E-state index in [4.69, 9.17) is 21.8 Å². The van der Waals surface area contributed by atoms with Crippen LogP contribution >= 0.6 is 11.6 Å². The van der Waals surface area contributed by atoms with Gasteiger partial charge < -0.3 is 10.2 Å². The van der Waals surface area contributed by atoms with Crippen LogP contribution in [-0.4, -0.2) is 66.6 Å². The molecule has 0 aliphatic carbocycles. The third kappa shape index (κ3) is 2.73. The second-order valence-electron chi connectivity index (χ2n) is 1.49. The second-order valence-corrected chi connectivity index (χ2v) is 1.90. The van der Waals surface area contributed by atoms with Gasteiger partial charge in [0.1, 0.15) is 10.8 Å². The van der Waals surface area contributed by atoms with Gasteiger partial charge in [0.05, 0.1) is 6.20 Å². The molecule has 0 aliphatic rings. The predicted octanol–water partition coefficient (Wildman–Crippen LogP) is 0.765. The maximum atomic E-state index is 8.77. The molecule has 3 nitrogen and oxygen atoms in total. The minimum absolute atomic E-state index is 0. The van der Waals surface area contributed by atoms with Gasteiger partial charge in [-0.1, -0.05) is 11.6 Å². The molecule has 1 aromatic rings. The summed E-state index contributed by atoms with van der Waals surface area (Å²) in [6.45, 7) is 0. The first-order valence-electron chi connectivity index (χ1n) is 2.23. The molecule has 1 heterocycles. The van der Waals surface area contributed by atoms with Gasteiger partial charge in [-0.05, 0) is 0 Å². The number of hydrogen-bond acceptors (Lipinski definition) is 3. The van der Waals surface area contributed by atoms with Gasteiger partial charge in [-0.15, -0.1) is 0 Å². The molecular weight excluding hydrogens is 181 g/mol. The van der Waals surface area contributed by atoms with Crippen LogP contribution < -0.4 is 0 Å². The second kappa shape index (κ2) is 4.53. The number of rotatable bonds is 0. The number of pyridine rings is 1. The van der Waals surface area contributed by atoms with E-state index < -0.39 is 0 Å². The monoisotopic (exact) mass is 184 g/mol. The van der Waals surface area contributed by atoms with Crippen LogP contribution in [0.5, 0.6) is 11.6 Å². The van der Waals surface area contributed by atoms with Gasteiger partial charge in [-0.2, -0.15) is 0 Å². The van der Waals surface area contributed by atoms with E-state index in [9.17, 15) is 0 Å². The zero-order valence-electron chi connectivity index (χ0n) is 5.37. The Kier molecular flexibility index (Phi) is 4.84. The van der Waals surface area contributed by atoms with Gasteiger partial charge in [-0.25, -0.2) is 4.98 Å². The largest absolute Gasteiger partial charge is 0.506 e. The van der Waals surface area contributed by atoms with Crippen LogP contribution in [0.1, 0.15) is 0 Å². The molecule has 10 heavy (non-hydrogen) atoms. The third-order valence-corrected chi connectivity index (χ3v) is 1.11. The zero-order valence-corrected chi connectivity index (χ0v) is 9.25. The van der Waals surface area contributed by atoms with Gasteiger partial charge in [0, 0.05) is 57.5 Å². The van der Waals surface area contributed by atoms with Crippen molar-refractivity contribution in [3.8, 4) is 11.6 Å². The summed E-state index contributed by atoms with van der Waals surface area (Å²) in [7, 11) is 0. The summed E-state index contributed by atoms with van der Waals surface area (Å²) < 4.78 is 0. The van der Waals surface area contributed by atoms with Crippen molar-refractivity contribution in [2.24, 2.45) is 0 Å². The van der Waals surface area contributed by atoms with E-state index in [0.29, 0.717) is 0 Å². The SMILES string of the molecule is Oc1cc(O)c(Cl)cn1.[K]. The molecule has 0 spiro atoms. The molecule has 0 amide bonds. The summed E-state index contributed by atoms with van der Waals surface area (Å²) >= 11 is 5.36. The van der Waals surface area contributed by atoms with Gasteiger partial charge in [0.25, 0.3) is 0 Å². The van der Waals surface area contributed by atoms with Crippen LogP contribution in [0.3, 0.4) is 0 Å². The molecule has 0 atom stereocenters. The number of aromatic hydroxyl groups is 2. The number of hydrogen-bond donors (Lipinski definition) is 2. The molecule has 1 rings (SSSR count). The van der Waals surface area contributed by atoms with E-state index in [1.165, 1.54) is 6.20 Å². The van der Waals surface area contributed by atoms with Gasteiger partial charge >= 0.3 is 0 Å². The van der Waals surface area contributed by atoms with E-state index in [1.807, 2.05) is 0 Å². The summed E-state index contributed by atoms with van der Waals surface area (Å²) in [6, 6.07) is 1.07. The minimum Gasteiger partial charge on any atom is -0.506 e. The molecule has 0 bridgehead atoms. The van der Waals surface area contributed by atoms with Crippen molar-refractivity contribution in [1.29, 1.82) is 0 Å². The molecule has 1 radical (unpaired) electrons.